The molecule has 308 valence electrons. The van der Waals surface area contributed by atoms with Crippen LogP contribution in [0.3, 0.4) is 0 Å². The molecule has 4 aliphatic rings. The fourth-order valence-corrected chi connectivity index (χ4v) is 6.43. The van der Waals surface area contributed by atoms with Gasteiger partial charge >= 0.3 is 5.97 Å². The molecular weight excluding hydrogens is 730 g/mol. The smallest absolute Gasteiger partial charge is 0.364 e. The Labute approximate surface area is 300 Å². The standard InChI is InChI=1S/C29H49NO23/c1-7-14(36)19(41)21(43)26(48-7)52-24-20(42)17(39)11(5-32)50-27(24)51-22-13(30-8(2)33)25(44)49-12(18(22)40)6-47-29(28(45)46)3-9(34)15(37)23(53-29)16(38)10(35)4-31/h7,9-27,31-32,34-44H,3-6H2,1-2H3,(H,30,33)(H,45,46)/t7-,9-,10+,11+,12+,13+,14+,15+,16+,17-,18-,19+,20-,21-,22+,23+,24+,25?,26-,27+,29+/m0/s1. The molecular formula is C29H49NO23. The van der Waals surface area contributed by atoms with Crippen LogP contribution in [0.2, 0.25) is 0 Å². The minimum absolute atomic E-state index is 0.794. The van der Waals surface area contributed by atoms with Gasteiger partial charge in [0.25, 0.3) is 5.79 Å². The van der Waals surface area contributed by atoms with Crippen LogP contribution in [0, 0.1) is 0 Å². The topological polar surface area (TPSA) is 394 Å². The highest BCUT2D eigenvalue weighted by Crippen LogP contribution is 2.36. The highest BCUT2D eigenvalue weighted by Gasteiger charge is 2.58. The Balaban J connectivity index is 1.61. The van der Waals surface area contributed by atoms with Gasteiger partial charge in [-0.3, -0.25) is 4.79 Å². The van der Waals surface area contributed by atoms with E-state index < -0.39 is 166 Å². The molecule has 21 atom stereocenters. The zero-order valence-electron chi connectivity index (χ0n) is 28.3. The van der Waals surface area contributed by atoms with Crippen LogP contribution < -0.4 is 5.32 Å². The average Bonchev–Trinajstić information content (AvgIpc) is 3.11. The Bertz CT molecular complexity index is 1220. The quantitative estimate of drug-likeness (QED) is 0.0825. The van der Waals surface area contributed by atoms with E-state index in [2.05, 4.69) is 5.32 Å². The summed E-state index contributed by atoms with van der Waals surface area (Å²) in [4.78, 5) is 24.6. The van der Waals surface area contributed by atoms with Crippen LogP contribution in [0.4, 0.5) is 0 Å². The summed E-state index contributed by atoms with van der Waals surface area (Å²) in [6, 6.07) is -1.68. The summed E-state index contributed by atoms with van der Waals surface area (Å²) in [6.07, 6.45) is -36.4. The summed E-state index contributed by atoms with van der Waals surface area (Å²) < 4.78 is 38.7. The number of carbonyl (C=O) groups is 2. The normalized spacial score (nSPS) is 47.8. The molecule has 15 N–H and O–H groups in total. The highest BCUT2D eigenvalue weighted by atomic mass is 16.8. The number of aliphatic hydroxyl groups is 13. The maximum atomic E-state index is 12.4. The zero-order chi connectivity index (χ0) is 39.7. The maximum Gasteiger partial charge on any atom is 0.364 e. The Morgan fingerprint density at radius 2 is 1.43 bits per heavy atom. The molecule has 0 radical (unpaired) electrons. The average molecular weight is 780 g/mol. The summed E-state index contributed by atoms with van der Waals surface area (Å²) in [5.74, 6) is -5.63. The number of carboxylic acid groups (broad SMARTS) is 1. The Kier molecular flexibility index (Phi) is 14.9. The molecule has 4 heterocycles. The second-order valence-corrected chi connectivity index (χ2v) is 13.3. The first kappa shape index (κ1) is 43.9. The molecule has 0 aromatic heterocycles. The molecule has 1 amide bonds. The van der Waals surface area contributed by atoms with E-state index in [-0.39, 0.29) is 0 Å². The van der Waals surface area contributed by atoms with Gasteiger partial charge in [-0.25, -0.2) is 4.79 Å². The van der Waals surface area contributed by atoms with E-state index in [1.165, 1.54) is 6.92 Å². The molecule has 0 aromatic rings. The molecule has 0 bridgehead atoms. The van der Waals surface area contributed by atoms with Crippen LogP contribution in [0.15, 0.2) is 0 Å². The Hall–Kier alpha value is -1.86. The van der Waals surface area contributed by atoms with Gasteiger partial charge in [-0.1, -0.05) is 0 Å². The van der Waals surface area contributed by atoms with Gasteiger partial charge in [0.2, 0.25) is 5.91 Å². The van der Waals surface area contributed by atoms with Crippen molar-refractivity contribution in [2.45, 2.75) is 149 Å². The third-order valence-electron chi connectivity index (χ3n) is 9.54. The van der Waals surface area contributed by atoms with E-state index in [9.17, 15) is 81.1 Å². The lowest BCUT2D eigenvalue weighted by Crippen LogP contribution is -2.69. The van der Waals surface area contributed by atoms with Gasteiger partial charge in [0.1, 0.15) is 91.5 Å². The summed E-state index contributed by atoms with van der Waals surface area (Å²) in [5, 5.41) is 147. The first-order valence-electron chi connectivity index (χ1n) is 16.6. The summed E-state index contributed by atoms with van der Waals surface area (Å²) >= 11 is 0. The van der Waals surface area contributed by atoms with Crippen molar-refractivity contribution in [2.75, 3.05) is 19.8 Å². The van der Waals surface area contributed by atoms with E-state index in [1.807, 2.05) is 0 Å². The minimum Gasteiger partial charge on any atom is -0.477 e. The van der Waals surface area contributed by atoms with Crippen molar-refractivity contribution in [3.63, 3.8) is 0 Å². The van der Waals surface area contributed by atoms with Gasteiger partial charge in [-0.2, -0.15) is 0 Å². The van der Waals surface area contributed by atoms with E-state index in [0.29, 0.717) is 0 Å². The first-order chi connectivity index (χ1) is 24.8. The molecule has 24 heteroatoms. The number of aliphatic hydroxyl groups excluding tert-OH is 13. The van der Waals surface area contributed by atoms with Crippen molar-refractivity contribution in [1.82, 2.24) is 5.32 Å². The molecule has 53 heavy (non-hydrogen) atoms. The summed E-state index contributed by atoms with van der Waals surface area (Å²) in [6.45, 7) is -0.647. The summed E-state index contributed by atoms with van der Waals surface area (Å²) in [5.41, 5.74) is 0. The van der Waals surface area contributed by atoms with Gasteiger partial charge in [-0.05, 0) is 6.92 Å². The van der Waals surface area contributed by atoms with Crippen molar-refractivity contribution in [2.24, 2.45) is 0 Å². The van der Waals surface area contributed by atoms with Crippen LogP contribution in [-0.2, 0) is 42.7 Å². The molecule has 1 unspecified atom stereocenters. The second-order valence-electron chi connectivity index (χ2n) is 13.3. The van der Waals surface area contributed by atoms with Crippen molar-refractivity contribution < 1.29 is 114 Å². The van der Waals surface area contributed by atoms with Crippen LogP contribution in [-0.4, -0.2) is 232 Å². The fraction of sp³-hybridized carbons (Fsp3) is 0.931. The van der Waals surface area contributed by atoms with Crippen LogP contribution in [0.1, 0.15) is 20.3 Å². The third kappa shape index (κ3) is 9.24. The molecule has 0 saturated carbocycles. The van der Waals surface area contributed by atoms with Crippen LogP contribution >= 0.6 is 0 Å². The molecule has 4 rings (SSSR count). The Morgan fingerprint density at radius 1 is 0.792 bits per heavy atom. The number of aliphatic carboxylic acids is 1. The number of carboxylic acids is 1. The van der Waals surface area contributed by atoms with E-state index in [1.54, 1.807) is 0 Å². The molecule has 24 nitrogen and oxygen atoms in total. The lowest BCUT2D eigenvalue weighted by atomic mass is 9.90. The predicted molar refractivity (Wildman–Crippen MR) is 161 cm³/mol. The van der Waals surface area contributed by atoms with Crippen LogP contribution in [0.5, 0.6) is 0 Å². The number of amides is 1. The number of carbonyl (C=O) groups excluding carboxylic acids is 1. The van der Waals surface area contributed by atoms with Crippen molar-refractivity contribution in [3.8, 4) is 0 Å². The van der Waals surface area contributed by atoms with Gasteiger partial charge in [0, 0.05) is 13.3 Å². The molecule has 0 aromatic carbocycles. The molecule has 4 fully saturated rings. The maximum absolute atomic E-state index is 12.4. The lowest BCUT2D eigenvalue weighted by Gasteiger charge is -2.49. The number of rotatable bonds is 13. The number of hydrogen-bond acceptors (Lipinski definition) is 22. The van der Waals surface area contributed by atoms with Crippen LogP contribution in [0.25, 0.3) is 0 Å². The van der Waals surface area contributed by atoms with Crippen molar-refractivity contribution in [3.05, 3.63) is 0 Å². The highest BCUT2D eigenvalue weighted by molar-refractivity contribution is 5.76. The van der Waals surface area contributed by atoms with E-state index >= 15 is 0 Å². The van der Waals surface area contributed by atoms with Crippen molar-refractivity contribution >= 4 is 11.9 Å². The zero-order valence-corrected chi connectivity index (χ0v) is 28.3. The minimum atomic E-state index is -2.91. The fourth-order valence-electron chi connectivity index (χ4n) is 6.43. The Morgan fingerprint density at radius 3 is 2.02 bits per heavy atom. The lowest BCUT2D eigenvalue weighted by molar-refractivity contribution is -0.382. The monoisotopic (exact) mass is 779 g/mol. The summed E-state index contributed by atoms with van der Waals surface area (Å²) in [7, 11) is 0. The first-order valence-corrected chi connectivity index (χ1v) is 16.6. The van der Waals surface area contributed by atoms with Gasteiger partial charge < -0.3 is 110 Å². The number of ether oxygens (including phenoxy) is 7. The third-order valence-corrected chi connectivity index (χ3v) is 9.54. The van der Waals surface area contributed by atoms with Crippen molar-refractivity contribution in [1.29, 1.82) is 0 Å². The van der Waals surface area contributed by atoms with E-state index in [0.717, 1.165) is 6.92 Å². The SMILES string of the molecule is CC(=O)N[C@H]1C(O)O[C@H](CO[C@]2(C(=O)O)C[C@H](O)[C@@H](O)[C@H]([C@H](O)[C@H](O)CO)O2)[C@H](O)[C@@H]1O[C@H]1O[C@H](CO)[C@H](O)[C@H](O)[C@H]1O[C@@H]1O[C@@H](C)[C@@H](O)[C@@H](O)[C@@H]1O. The number of nitrogens with one attached hydrogen (secondary N) is 1. The van der Waals surface area contributed by atoms with Gasteiger partial charge in [0.05, 0.1) is 32.0 Å². The van der Waals surface area contributed by atoms with E-state index in [4.69, 9.17) is 33.2 Å². The largest absolute Gasteiger partial charge is 0.477 e. The van der Waals surface area contributed by atoms with Gasteiger partial charge in [-0.15, -0.1) is 0 Å². The predicted octanol–water partition coefficient (Wildman–Crippen LogP) is -9.37. The molecule has 4 saturated heterocycles. The molecule has 0 spiro atoms. The number of hydrogen-bond donors (Lipinski definition) is 15. The van der Waals surface area contributed by atoms with Gasteiger partial charge in [0.15, 0.2) is 18.9 Å². The molecule has 4 aliphatic heterocycles. The molecule has 0 aliphatic carbocycles. The second kappa shape index (κ2) is 17.9.